The highest BCUT2D eigenvalue weighted by atomic mass is 16.5. The lowest BCUT2D eigenvalue weighted by atomic mass is 9.84. The maximum atomic E-state index is 13.7. The van der Waals surface area contributed by atoms with Crippen LogP contribution < -0.4 is 5.32 Å². The van der Waals surface area contributed by atoms with E-state index in [1.807, 2.05) is 60.8 Å². The maximum Gasteiger partial charge on any atom is 0.328 e. The quantitative estimate of drug-likeness (QED) is 0.0728. The maximum absolute atomic E-state index is 13.7. The van der Waals surface area contributed by atoms with E-state index >= 15 is 0 Å². The zero-order valence-electron chi connectivity index (χ0n) is 30.5. The first-order chi connectivity index (χ1) is 27.4. The SMILES string of the molecule is N#CCC1CCC(n2c(N=Nc3ccc(O)c(C(=O)N[C@H](CCC(=O)OCc4ccccc4)C(=O)OCc4ccccc4)c3)nc3cnc4[nH]ccc4c32)CC1. The van der Waals surface area contributed by atoms with Crippen LogP contribution in [0.5, 0.6) is 5.75 Å². The number of carbonyl (C=O) groups excluding carboxylic acids is 3. The number of aromatic hydroxyl groups is 1. The summed E-state index contributed by atoms with van der Waals surface area (Å²) in [6.07, 6.45) is 7.27. The van der Waals surface area contributed by atoms with E-state index in [0.29, 0.717) is 23.8 Å². The van der Waals surface area contributed by atoms with Crippen molar-refractivity contribution in [2.45, 2.75) is 70.2 Å². The largest absolute Gasteiger partial charge is 0.507 e. The number of fused-ring (bicyclic) bond motifs is 3. The number of hydrogen-bond donors (Lipinski definition) is 3. The highest BCUT2D eigenvalue weighted by molar-refractivity contribution is 6.02. The lowest BCUT2D eigenvalue weighted by Gasteiger charge is -2.29. The fourth-order valence-corrected chi connectivity index (χ4v) is 6.99. The molecule has 0 radical (unpaired) electrons. The van der Waals surface area contributed by atoms with Crippen LogP contribution in [0.3, 0.4) is 0 Å². The van der Waals surface area contributed by atoms with Crippen LogP contribution >= 0.6 is 0 Å². The second-order valence-corrected chi connectivity index (χ2v) is 13.8. The van der Waals surface area contributed by atoms with Crippen LogP contribution in [0.25, 0.3) is 22.1 Å². The Morgan fingerprint density at radius 3 is 2.38 bits per heavy atom. The molecule has 1 saturated carbocycles. The number of nitrogens with zero attached hydrogens (tertiary/aromatic N) is 6. The van der Waals surface area contributed by atoms with Crippen molar-refractivity contribution in [3.05, 3.63) is 114 Å². The molecule has 6 aromatic rings. The van der Waals surface area contributed by atoms with Gasteiger partial charge in [-0.1, -0.05) is 60.7 Å². The summed E-state index contributed by atoms with van der Waals surface area (Å²) in [7, 11) is 0. The lowest BCUT2D eigenvalue weighted by Crippen LogP contribution is -2.42. The Morgan fingerprint density at radius 1 is 0.946 bits per heavy atom. The summed E-state index contributed by atoms with van der Waals surface area (Å²) < 4.78 is 13.0. The van der Waals surface area contributed by atoms with Gasteiger partial charge >= 0.3 is 11.9 Å². The van der Waals surface area contributed by atoms with Crippen molar-refractivity contribution in [2.24, 2.45) is 16.1 Å². The van der Waals surface area contributed by atoms with Crippen LogP contribution in [-0.2, 0) is 32.3 Å². The van der Waals surface area contributed by atoms with Crippen LogP contribution in [0.4, 0.5) is 11.6 Å². The molecule has 0 unspecified atom stereocenters. The van der Waals surface area contributed by atoms with E-state index in [1.165, 1.54) is 18.2 Å². The number of nitrogens with one attached hydrogen (secondary N) is 2. The first kappa shape index (κ1) is 37.4. The van der Waals surface area contributed by atoms with Crippen LogP contribution in [0, 0.1) is 17.2 Å². The van der Waals surface area contributed by atoms with Crippen molar-refractivity contribution >= 4 is 51.5 Å². The number of nitriles is 1. The van der Waals surface area contributed by atoms with Crippen molar-refractivity contribution in [1.29, 1.82) is 5.26 Å². The molecule has 14 heteroatoms. The minimum Gasteiger partial charge on any atom is -0.507 e. The summed E-state index contributed by atoms with van der Waals surface area (Å²) >= 11 is 0. The molecule has 0 spiro atoms. The van der Waals surface area contributed by atoms with Gasteiger partial charge in [-0.05, 0) is 73.4 Å². The predicted molar refractivity (Wildman–Crippen MR) is 206 cm³/mol. The molecule has 0 bridgehead atoms. The molecule has 1 atom stereocenters. The fraction of sp³-hybridized carbons (Fsp3) is 0.286. The molecule has 3 aromatic heterocycles. The number of phenols is 1. The van der Waals surface area contributed by atoms with Gasteiger partial charge in [0.15, 0.2) is 0 Å². The molecule has 3 N–H and O–H groups in total. The number of amides is 1. The van der Waals surface area contributed by atoms with Gasteiger partial charge in [-0.15, -0.1) is 10.2 Å². The average Bonchev–Trinajstić information content (AvgIpc) is 3.86. The van der Waals surface area contributed by atoms with Crippen molar-refractivity contribution in [3.63, 3.8) is 0 Å². The van der Waals surface area contributed by atoms with Crippen molar-refractivity contribution in [3.8, 4) is 11.8 Å². The van der Waals surface area contributed by atoms with Gasteiger partial charge < -0.3 is 29.4 Å². The van der Waals surface area contributed by atoms with Gasteiger partial charge in [0, 0.05) is 30.5 Å². The molecule has 1 aliphatic carbocycles. The zero-order valence-corrected chi connectivity index (χ0v) is 30.5. The third-order valence-electron chi connectivity index (χ3n) is 9.95. The number of imidazole rings is 1. The molecule has 56 heavy (non-hydrogen) atoms. The van der Waals surface area contributed by atoms with Crippen LogP contribution in [-0.4, -0.2) is 48.5 Å². The molecule has 1 amide bonds. The summed E-state index contributed by atoms with van der Waals surface area (Å²) in [5, 5.41) is 32.5. The van der Waals surface area contributed by atoms with E-state index in [2.05, 4.69) is 36.1 Å². The Bertz CT molecular complexity index is 2390. The van der Waals surface area contributed by atoms with Gasteiger partial charge in [-0.2, -0.15) is 5.26 Å². The molecule has 1 fully saturated rings. The summed E-state index contributed by atoms with van der Waals surface area (Å²) in [5.74, 6) is -1.71. The standard InChI is InChI=1S/C42H40N8O6/c43-21-19-27-11-14-31(15-12-27)50-38-32-20-22-44-39(32)45-24-35(38)47-42(50)49-48-30-13-17-36(51)33(23-30)40(53)46-34(41(54)56-26-29-9-5-2-6-10-29)16-18-37(52)55-25-28-7-3-1-4-8-28/h1-10,13,17,20,22-24,27,31,34,51H,11-12,14-16,18-19,25-26H2,(H,44,45)(H,46,53)/t27?,31?,34-/m1/s1. The van der Waals surface area contributed by atoms with E-state index < -0.39 is 23.9 Å². The zero-order chi connectivity index (χ0) is 38.9. The molecule has 0 saturated heterocycles. The minimum absolute atomic E-state index is 0.0383. The van der Waals surface area contributed by atoms with Crippen LogP contribution in [0.15, 0.2) is 108 Å². The number of hydrogen-bond acceptors (Lipinski definition) is 11. The van der Waals surface area contributed by atoms with E-state index in [4.69, 9.17) is 14.5 Å². The Morgan fingerprint density at radius 2 is 1.66 bits per heavy atom. The summed E-state index contributed by atoms with van der Waals surface area (Å²) in [4.78, 5) is 52.1. The monoisotopic (exact) mass is 752 g/mol. The topological polar surface area (TPSA) is 197 Å². The number of benzene rings is 3. The molecule has 14 nitrogen and oxygen atoms in total. The highest BCUT2D eigenvalue weighted by Crippen LogP contribution is 2.40. The number of pyridine rings is 1. The van der Waals surface area contributed by atoms with Crippen LogP contribution in [0.2, 0.25) is 0 Å². The second-order valence-electron chi connectivity index (χ2n) is 13.8. The van der Waals surface area contributed by atoms with E-state index in [0.717, 1.165) is 53.4 Å². The molecular weight excluding hydrogens is 713 g/mol. The average molecular weight is 753 g/mol. The molecule has 7 rings (SSSR count). The van der Waals surface area contributed by atoms with Gasteiger partial charge in [0.2, 0.25) is 0 Å². The van der Waals surface area contributed by atoms with Gasteiger partial charge in [0.25, 0.3) is 11.9 Å². The molecule has 3 heterocycles. The number of phenolic OH excluding ortho intramolecular Hbond substituents is 1. The molecule has 3 aromatic carbocycles. The summed E-state index contributed by atoms with van der Waals surface area (Å²) in [6, 6.07) is 25.5. The second kappa shape index (κ2) is 17.5. The first-order valence-corrected chi connectivity index (χ1v) is 18.5. The number of rotatable bonds is 14. The number of aromatic amines is 1. The number of carbonyl (C=O) groups is 3. The van der Waals surface area contributed by atoms with Crippen LogP contribution in [0.1, 0.15) is 72.5 Å². The molecule has 1 aliphatic rings. The van der Waals surface area contributed by atoms with Crippen molar-refractivity contribution in [1.82, 2.24) is 24.8 Å². The van der Waals surface area contributed by atoms with E-state index in [1.54, 1.807) is 18.3 Å². The number of esters is 2. The van der Waals surface area contributed by atoms with Crippen molar-refractivity contribution < 1.29 is 29.0 Å². The lowest BCUT2D eigenvalue weighted by molar-refractivity contribution is -0.148. The third-order valence-corrected chi connectivity index (χ3v) is 9.95. The number of ether oxygens (including phenoxy) is 2. The van der Waals surface area contributed by atoms with Gasteiger partial charge in [0.05, 0.1) is 29.0 Å². The molecule has 0 aliphatic heterocycles. The Hall–Kier alpha value is -6.88. The Labute approximate surface area is 322 Å². The van der Waals surface area contributed by atoms with Gasteiger partial charge in [-0.3, -0.25) is 9.59 Å². The minimum atomic E-state index is -1.23. The number of H-pyrrole nitrogens is 1. The van der Waals surface area contributed by atoms with Gasteiger partial charge in [0.1, 0.15) is 36.2 Å². The first-order valence-electron chi connectivity index (χ1n) is 18.5. The van der Waals surface area contributed by atoms with Gasteiger partial charge in [-0.25, -0.2) is 14.8 Å². The number of aromatic nitrogens is 4. The Kier molecular flexibility index (Phi) is 11.7. The third kappa shape index (κ3) is 8.90. The van der Waals surface area contributed by atoms with Crippen molar-refractivity contribution in [2.75, 3.05) is 0 Å². The smallest absolute Gasteiger partial charge is 0.328 e. The predicted octanol–water partition coefficient (Wildman–Crippen LogP) is 8.04. The van der Waals surface area contributed by atoms with E-state index in [-0.39, 0.29) is 49.1 Å². The molecular formula is C42H40N8O6. The highest BCUT2D eigenvalue weighted by Gasteiger charge is 2.28. The Balaban J connectivity index is 1.10. The van der Waals surface area contributed by atoms with E-state index in [9.17, 15) is 24.8 Å². The summed E-state index contributed by atoms with van der Waals surface area (Å²) in [6.45, 7) is 0.0286. The number of azo groups is 1. The summed E-state index contributed by atoms with van der Waals surface area (Å²) in [5.41, 5.74) is 3.92. The fourth-order valence-electron chi connectivity index (χ4n) is 6.99. The molecule has 284 valence electrons. The normalized spacial score (nSPS) is 16.1.